The molecule has 1 atom stereocenters. The van der Waals surface area contributed by atoms with Crippen molar-refractivity contribution in [3.05, 3.63) is 70.9 Å². The van der Waals surface area contributed by atoms with Crippen molar-refractivity contribution in [3.8, 4) is 17.2 Å². The summed E-state index contributed by atoms with van der Waals surface area (Å²) < 4.78 is 38.2. The number of aromatic nitrogens is 1. The van der Waals surface area contributed by atoms with Crippen LogP contribution in [0.5, 0.6) is 5.75 Å². The summed E-state index contributed by atoms with van der Waals surface area (Å²) in [5, 5.41) is 2.02. The number of carbonyl (C=O) groups excluding carboxylic acids is 2. The molecule has 35 heavy (non-hydrogen) atoms. The van der Waals surface area contributed by atoms with Crippen molar-refractivity contribution in [1.82, 2.24) is 10.3 Å². The maximum absolute atomic E-state index is 12.8. The van der Waals surface area contributed by atoms with Crippen molar-refractivity contribution in [3.63, 3.8) is 0 Å². The molecule has 1 unspecified atom stereocenters. The standard InChI is InChI=1S/C24H20N2O6S3/c1-14-18(25-21(32-14)15-5-3-2-4-6-15)9-11-31-19-8-7-16(20-17(19)10-12-33-20)13-35(29,30)22-23(27)34-24(28)26-22/h2-8,10,12,22H,9,11,13H2,1H3,(H,26,28). The first kappa shape index (κ1) is 23.6. The maximum Gasteiger partial charge on any atom is 0.288 e. The van der Waals surface area contributed by atoms with Gasteiger partial charge in [0.1, 0.15) is 11.5 Å². The molecule has 1 saturated heterocycles. The van der Waals surface area contributed by atoms with Gasteiger partial charge in [0.05, 0.1) is 18.1 Å². The number of oxazole rings is 1. The first-order chi connectivity index (χ1) is 16.8. The Hall–Kier alpha value is -3.15. The summed E-state index contributed by atoms with van der Waals surface area (Å²) in [4.78, 5) is 27.9. The van der Waals surface area contributed by atoms with Crippen LogP contribution in [0.25, 0.3) is 21.5 Å². The molecular formula is C24H20N2O6S3. The van der Waals surface area contributed by atoms with Crippen molar-refractivity contribution in [1.29, 1.82) is 0 Å². The van der Waals surface area contributed by atoms with Gasteiger partial charge in [-0.1, -0.05) is 24.3 Å². The number of thioether (sulfide) groups is 1. The van der Waals surface area contributed by atoms with Crippen molar-refractivity contribution in [2.45, 2.75) is 24.5 Å². The minimum Gasteiger partial charge on any atom is -0.493 e. The van der Waals surface area contributed by atoms with E-state index >= 15 is 0 Å². The maximum atomic E-state index is 12.8. The van der Waals surface area contributed by atoms with E-state index in [1.807, 2.05) is 48.7 Å². The van der Waals surface area contributed by atoms with Crippen LogP contribution in [0.3, 0.4) is 0 Å². The van der Waals surface area contributed by atoms with Crippen LogP contribution in [0, 0.1) is 6.92 Å². The number of nitrogens with zero attached hydrogens (tertiary/aromatic N) is 1. The predicted octanol–water partition coefficient (Wildman–Crippen LogP) is 4.71. The van der Waals surface area contributed by atoms with Gasteiger partial charge in [-0.05, 0) is 42.1 Å². The lowest BCUT2D eigenvalue weighted by Crippen LogP contribution is -2.37. The average Bonchev–Trinajstić information content (AvgIpc) is 3.55. The van der Waals surface area contributed by atoms with E-state index in [1.54, 1.807) is 12.1 Å². The number of hydrogen-bond acceptors (Lipinski definition) is 9. The van der Waals surface area contributed by atoms with Gasteiger partial charge < -0.3 is 14.5 Å². The van der Waals surface area contributed by atoms with Crippen LogP contribution in [0.15, 0.2) is 58.3 Å². The van der Waals surface area contributed by atoms with Gasteiger partial charge in [0.15, 0.2) is 9.84 Å². The summed E-state index contributed by atoms with van der Waals surface area (Å²) in [6.45, 7) is 2.24. The Morgan fingerprint density at radius 1 is 1.11 bits per heavy atom. The lowest BCUT2D eigenvalue weighted by molar-refractivity contribution is -0.110. The number of rotatable bonds is 8. The number of aryl methyl sites for hydroxylation is 1. The number of amides is 1. The Balaban J connectivity index is 1.29. The monoisotopic (exact) mass is 528 g/mol. The summed E-state index contributed by atoms with van der Waals surface area (Å²) in [5.74, 6) is 1.58. The molecule has 0 radical (unpaired) electrons. The molecule has 5 rings (SSSR count). The van der Waals surface area contributed by atoms with E-state index in [4.69, 9.17) is 9.15 Å². The molecule has 1 amide bonds. The number of nitrogens with one attached hydrogen (secondary N) is 1. The van der Waals surface area contributed by atoms with E-state index in [2.05, 4.69) is 10.3 Å². The quantitative estimate of drug-likeness (QED) is 0.350. The zero-order valence-corrected chi connectivity index (χ0v) is 21.0. The minimum absolute atomic E-state index is 0.359. The second kappa shape index (κ2) is 9.48. The second-order valence-electron chi connectivity index (χ2n) is 7.91. The van der Waals surface area contributed by atoms with Crippen molar-refractivity contribution in [2.75, 3.05) is 6.61 Å². The van der Waals surface area contributed by atoms with Crippen LogP contribution in [-0.2, 0) is 26.8 Å². The van der Waals surface area contributed by atoms with Gasteiger partial charge in [0.25, 0.3) is 5.24 Å². The Morgan fingerprint density at radius 3 is 2.66 bits per heavy atom. The number of benzene rings is 2. The van der Waals surface area contributed by atoms with Gasteiger partial charge >= 0.3 is 0 Å². The van der Waals surface area contributed by atoms with E-state index in [0.717, 1.165) is 27.1 Å². The smallest absolute Gasteiger partial charge is 0.288 e. The molecule has 3 heterocycles. The average molecular weight is 529 g/mol. The molecular weight excluding hydrogens is 508 g/mol. The van der Waals surface area contributed by atoms with Gasteiger partial charge in [-0.25, -0.2) is 13.4 Å². The Morgan fingerprint density at radius 2 is 1.91 bits per heavy atom. The number of thiophene rings is 1. The van der Waals surface area contributed by atoms with E-state index < -0.39 is 25.6 Å². The summed E-state index contributed by atoms with van der Waals surface area (Å²) >= 11 is 1.78. The van der Waals surface area contributed by atoms with Crippen LogP contribution in [0.1, 0.15) is 17.0 Å². The summed E-state index contributed by atoms with van der Waals surface area (Å²) in [6, 6.07) is 15.0. The van der Waals surface area contributed by atoms with Gasteiger partial charge in [0, 0.05) is 33.8 Å². The Labute approximate surface area is 209 Å². The van der Waals surface area contributed by atoms with Gasteiger partial charge in [-0.2, -0.15) is 0 Å². The van der Waals surface area contributed by atoms with Crippen molar-refractivity contribution in [2.24, 2.45) is 0 Å². The van der Waals surface area contributed by atoms with E-state index in [1.165, 1.54) is 11.3 Å². The molecule has 11 heteroatoms. The first-order valence-corrected chi connectivity index (χ1v) is 14.1. The normalized spacial score (nSPS) is 16.1. The fraction of sp³-hybridized carbons (Fsp3) is 0.208. The molecule has 1 fully saturated rings. The first-order valence-electron chi connectivity index (χ1n) is 10.7. The second-order valence-corrected chi connectivity index (χ2v) is 11.9. The minimum atomic E-state index is -3.91. The number of hydrogen-bond donors (Lipinski definition) is 1. The fourth-order valence-electron chi connectivity index (χ4n) is 3.83. The lowest BCUT2D eigenvalue weighted by atomic mass is 10.1. The topological polar surface area (TPSA) is 116 Å². The SMILES string of the molecule is Cc1oc(-c2ccccc2)nc1CCOc1ccc(CS(=O)(=O)C2NC(=O)SC2=O)c2sccc12. The molecule has 1 N–H and O–H groups in total. The molecule has 0 spiro atoms. The Kier molecular flexibility index (Phi) is 6.39. The zero-order valence-electron chi connectivity index (χ0n) is 18.5. The molecule has 2 aromatic carbocycles. The summed E-state index contributed by atoms with van der Waals surface area (Å²) in [7, 11) is -3.91. The molecule has 0 saturated carbocycles. The molecule has 1 aliphatic rings. The highest BCUT2D eigenvalue weighted by Gasteiger charge is 2.41. The van der Waals surface area contributed by atoms with E-state index in [9.17, 15) is 18.0 Å². The molecule has 4 aromatic rings. The number of carbonyl (C=O) groups is 2. The third-order valence-electron chi connectivity index (χ3n) is 5.54. The molecule has 8 nitrogen and oxygen atoms in total. The molecule has 0 bridgehead atoms. The van der Waals surface area contributed by atoms with Gasteiger partial charge in [-0.15, -0.1) is 11.3 Å². The Bertz CT molecular complexity index is 1530. The number of sulfone groups is 1. The third-order valence-corrected chi connectivity index (χ3v) is 9.18. The molecule has 1 aliphatic heterocycles. The fourth-order valence-corrected chi connectivity index (χ4v) is 7.46. The largest absolute Gasteiger partial charge is 0.493 e. The number of fused-ring (bicyclic) bond motifs is 1. The van der Waals surface area contributed by atoms with Crippen molar-refractivity contribution < 1.29 is 27.2 Å². The van der Waals surface area contributed by atoms with Crippen LogP contribution in [-0.4, -0.2) is 35.7 Å². The van der Waals surface area contributed by atoms with Gasteiger partial charge in [-0.3, -0.25) is 9.59 Å². The van der Waals surface area contributed by atoms with Gasteiger partial charge in [0.2, 0.25) is 16.4 Å². The number of ether oxygens (including phenoxy) is 1. The third kappa shape index (κ3) is 4.84. The van der Waals surface area contributed by atoms with E-state index in [0.29, 0.717) is 42.0 Å². The highest BCUT2D eigenvalue weighted by molar-refractivity contribution is 8.27. The molecule has 2 aromatic heterocycles. The molecule has 0 aliphatic carbocycles. The highest BCUT2D eigenvalue weighted by Crippen LogP contribution is 2.35. The molecule has 180 valence electrons. The lowest BCUT2D eigenvalue weighted by Gasteiger charge is -2.12. The van der Waals surface area contributed by atoms with Crippen LogP contribution in [0.2, 0.25) is 0 Å². The summed E-state index contributed by atoms with van der Waals surface area (Å²) in [6.07, 6.45) is 0.547. The van der Waals surface area contributed by atoms with Crippen LogP contribution >= 0.6 is 23.1 Å². The highest BCUT2D eigenvalue weighted by atomic mass is 32.2. The van der Waals surface area contributed by atoms with Crippen molar-refractivity contribution >= 4 is 53.4 Å². The van der Waals surface area contributed by atoms with Crippen LogP contribution < -0.4 is 10.1 Å². The van der Waals surface area contributed by atoms with Crippen LogP contribution in [0.4, 0.5) is 4.79 Å². The zero-order chi connectivity index (χ0) is 24.6. The van der Waals surface area contributed by atoms with E-state index in [-0.39, 0.29) is 5.75 Å². The summed E-state index contributed by atoms with van der Waals surface area (Å²) in [5.41, 5.74) is 2.28. The predicted molar refractivity (Wildman–Crippen MR) is 135 cm³/mol.